The highest BCUT2D eigenvalue weighted by molar-refractivity contribution is 14.1. The SMILES string of the molecule is C[n+]1ccc(-c2[nH]c3c(c2I)C(=O)NCC3)c(OC[C@@H]2CCCN2C(=O)OC(C)(C)C)c1. The number of hydrogen-bond donors (Lipinski definition) is 2. The van der Waals surface area contributed by atoms with Crippen molar-refractivity contribution in [2.45, 2.75) is 51.7 Å². The zero-order chi connectivity index (χ0) is 23.0. The Morgan fingerprint density at radius 1 is 1.38 bits per heavy atom. The van der Waals surface area contributed by atoms with E-state index in [1.54, 1.807) is 4.90 Å². The summed E-state index contributed by atoms with van der Waals surface area (Å²) in [5.74, 6) is 0.670. The van der Waals surface area contributed by atoms with E-state index in [0.29, 0.717) is 25.4 Å². The zero-order valence-corrected chi connectivity index (χ0v) is 21.1. The normalized spacial score (nSPS) is 18.3. The van der Waals surface area contributed by atoms with Crippen LogP contribution in [0.5, 0.6) is 5.75 Å². The lowest BCUT2D eigenvalue weighted by Gasteiger charge is -2.28. The van der Waals surface area contributed by atoms with Gasteiger partial charge in [-0.3, -0.25) is 4.79 Å². The van der Waals surface area contributed by atoms with Crippen LogP contribution in [-0.4, -0.2) is 53.2 Å². The fourth-order valence-corrected chi connectivity index (χ4v) is 5.17. The van der Waals surface area contributed by atoms with Gasteiger partial charge in [-0.25, -0.2) is 9.36 Å². The second-order valence-corrected chi connectivity index (χ2v) is 10.4. The van der Waals surface area contributed by atoms with Crippen molar-refractivity contribution in [1.29, 1.82) is 0 Å². The number of pyridine rings is 1. The fourth-order valence-electron chi connectivity index (χ4n) is 4.17. The minimum Gasteiger partial charge on any atom is -0.485 e. The Morgan fingerprint density at radius 3 is 2.88 bits per heavy atom. The van der Waals surface area contributed by atoms with Crippen LogP contribution in [0.2, 0.25) is 0 Å². The van der Waals surface area contributed by atoms with Gasteiger partial charge in [0.1, 0.15) is 19.3 Å². The molecule has 0 aromatic carbocycles. The minimum atomic E-state index is -0.527. The summed E-state index contributed by atoms with van der Waals surface area (Å²) in [6, 6.07) is 1.96. The lowest BCUT2D eigenvalue weighted by atomic mass is 10.1. The van der Waals surface area contributed by atoms with Crippen LogP contribution < -0.4 is 14.6 Å². The van der Waals surface area contributed by atoms with Gasteiger partial charge in [0.05, 0.1) is 26.4 Å². The monoisotopic (exact) mass is 553 g/mol. The molecule has 0 spiro atoms. The van der Waals surface area contributed by atoms with Gasteiger partial charge in [0.25, 0.3) is 5.91 Å². The molecular weight excluding hydrogens is 523 g/mol. The van der Waals surface area contributed by atoms with E-state index in [-0.39, 0.29) is 18.0 Å². The van der Waals surface area contributed by atoms with Gasteiger partial charge in [0.15, 0.2) is 11.9 Å². The average Bonchev–Trinajstić information content (AvgIpc) is 3.30. The third-order valence-corrected chi connectivity index (χ3v) is 6.75. The summed E-state index contributed by atoms with van der Waals surface area (Å²) in [5, 5.41) is 2.91. The van der Waals surface area contributed by atoms with Crippen molar-refractivity contribution in [2.24, 2.45) is 7.05 Å². The van der Waals surface area contributed by atoms with Gasteiger partial charge in [-0.15, -0.1) is 0 Å². The first-order chi connectivity index (χ1) is 15.1. The number of hydrogen-bond acceptors (Lipinski definition) is 4. The number of aromatic amines is 1. The number of nitrogens with zero attached hydrogens (tertiary/aromatic N) is 2. The first kappa shape index (κ1) is 22.9. The molecule has 2 aromatic rings. The van der Waals surface area contributed by atoms with Crippen LogP contribution in [0.1, 0.15) is 49.7 Å². The highest BCUT2D eigenvalue weighted by Crippen LogP contribution is 2.36. The van der Waals surface area contributed by atoms with Gasteiger partial charge >= 0.3 is 6.09 Å². The molecule has 2 aliphatic rings. The predicted octanol–water partition coefficient (Wildman–Crippen LogP) is 3.18. The van der Waals surface area contributed by atoms with E-state index in [4.69, 9.17) is 9.47 Å². The van der Waals surface area contributed by atoms with Gasteiger partial charge in [-0.2, -0.15) is 0 Å². The summed E-state index contributed by atoms with van der Waals surface area (Å²) in [6.07, 6.45) is 6.18. The fraction of sp³-hybridized carbons (Fsp3) is 0.522. The number of aryl methyl sites for hydroxylation is 1. The van der Waals surface area contributed by atoms with E-state index in [2.05, 4.69) is 32.9 Å². The molecule has 2 aromatic heterocycles. The van der Waals surface area contributed by atoms with E-state index in [1.165, 1.54) is 0 Å². The Morgan fingerprint density at radius 2 is 2.16 bits per heavy atom. The van der Waals surface area contributed by atoms with Crippen molar-refractivity contribution < 1.29 is 23.6 Å². The molecule has 1 saturated heterocycles. The van der Waals surface area contributed by atoms with Gasteiger partial charge < -0.3 is 24.7 Å². The summed E-state index contributed by atoms with van der Waals surface area (Å²) in [5.41, 5.74) is 2.94. The van der Waals surface area contributed by atoms with Gasteiger partial charge in [-0.1, -0.05) is 0 Å². The molecular formula is C23H30IN4O4+. The van der Waals surface area contributed by atoms with E-state index >= 15 is 0 Å². The van der Waals surface area contributed by atoms with Crippen molar-refractivity contribution in [1.82, 2.24) is 15.2 Å². The van der Waals surface area contributed by atoms with Gasteiger partial charge in [0, 0.05) is 31.3 Å². The molecule has 0 aliphatic carbocycles. The van der Waals surface area contributed by atoms with Crippen LogP contribution in [0.25, 0.3) is 11.3 Å². The number of rotatable bonds is 4. The highest BCUT2D eigenvalue weighted by atomic mass is 127. The molecule has 2 N–H and O–H groups in total. The third kappa shape index (κ3) is 4.72. The molecule has 172 valence electrons. The van der Waals surface area contributed by atoms with Crippen molar-refractivity contribution in [3.05, 3.63) is 33.3 Å². The number of H-pyrrole nitrogens is 1. The van der Waals surface area contributed by atoms with Crippen molar-refractivity contribution in [3.8, 4) is 17.0 Å². The Labute approximate surface area is 201 Å². The summed E-state index contributed by atoms with van der Waals surface area (Å²) in [7, 11) is 1.94. The Hall–Kier alpha value is -2.30. The number of fused-ring (bicyclic) bond motifs is 1. The maximum Gasteiger partial charge on any atom is 0.410 e. The molecule has 1 atom stereocenters. The molecule has 2 aliphatic heterocycles. The van der Waals surface area contributed by atoms with Crippen molar-refractivity contribution in [2.75, 3.05) is 19.7 Å². The molecule has 2 amide bonds. The summed E-state index contributed by atoms with van der Waals surface area (Å²) in [4.78, 5) is 30.2. The number of aromatic nitrogens is 2. The highest BCUT2D eigenvalue weighted by Gasteiger charge is 2.33. The number of carbonyl (C=O) groups is 2. The standard InChI is InChI=1S/C23H29IN4O4/c1-23(2,3)32-22(30)28-10-5-6-14(28)13-31-17-12-27(4)11-8-15(17)20-19(24)18-16(26-20)7-9-25-21(18)29/h8,11-12,14H,5-7,9-10,13H2,1-4H3,(H,25,29)/p+1/t14-/m0/s1. The quantitative estimate of drug-likeness (QED) is 0.450. The maximum absolute atomic E-state index is 12.6. The molecule has 4 rings (SSSR count). The number of halogens is 1. The molecule has 4 heterocycles. The van der Waals surface area contributed by atoms with Crippen molar-refractivity contribution >= 4 is 34.6 Å². The molecule has 1 fully saturated rings. The lowest BCUT2D eigenvalue weighted by Crippen LogP contribution is -2.42. The van der Waals surface area contributed by atoms with Gasteiger partial charge in [0.2, 0.25) is 6.20 Å². The largest absolute Gasteiger partial charge is 0.485 e. The summed E-state index contributed by atoms with van der Waals surface area (Å²) in [6.45, 7) is 7.32. The van der Waals surface area contributed by atoms with E-state index in [0.717, 1.165) is 45.3 Å². The second kappa shape index (κ2) is 8.92. The number of ether oxygens (including phenoxy) is 2. The lowest BCUT2D eigenvalue weighted by molar-refractivity contribution is -0.671. The van der Waals surface area contributed by atoms with Crippen LogP contribution in [-0.2, 0) is 18.2 Å². The third-order valence-electron chi connectivity index (χ3n) is 5.67. The van der Waals surface area contributed by atoms with E-state index in [9.17, 15) is 9.59 Å². The van der Waals surface area contributed by atoms with Crippen LogP contribution in [0.4, 0.5) is 4.79 Å². The first-order valence-corrected chi connectivity index (χ1v) is 12.0. The predicted molar refractivity (Wildman–Crippen MR) is 128 cm³/mol. The van der Waals surface area contributed by atoms with Crippen LogP contribution in [0, 0.1) is 3.57 Å². The Kier molecular flexibility index (Phi) is 6.37. The Balaban J connectivity index is 1.57. The molecule has 0 radical (unpaired) electrons. The molecule has 0 saturated carbocycles. The smallest absolute Gasteiger partial charge is 0.410 e. The molecule has 0 bridgehead atoms. The molecule has 8 nitrogen and oxygen atoms in total. The number of carbonyl (C=O) groups excluding carboxylic acids is 2. The van der Waals surface area contributed by atoms with E-state index < -0.39 is 5.60 Å². The topological polar surface area (TPSA) is 87.5 Å². The second-order valence-electron chi connectivity index (χ2n) is 9.34. The maximum atomic E-state index is 12.6. The average molecular weight is 553 g/mol. The zero-order valence-electron chi connectivity index (χ0n) is 19.0. The van der Waals surface area contributed by atoms with Crippen molar-refractivity contribution in [3.63, 3.8) is 0 Å². The molecule has 0 unspecified atom stereocenters. The summed E-state index contributed by atoms with van der Waals surface area (Å²) >= 11 is 2.23. The van der Waals surface area contributed by atoms with Crippen LogP contribution >= 0.6 is 22.6 Å². The first-order valence-electron chi connectivity index (χ1n) is 10.9. The number of likely N-dealkylation sites (tertiary alicyclic amines) is 1. The number of nitrogens with one attached hydrogen (secondary N) is 2. The van der Waals surface area contributed by atoms with Crippen LogP contribution in [0.3, 0.4) is 0 Å². The van der Waals surface area contributed by atoms with E-state index in [1.807, 2.05) is 50.8 Å². The van der Waals surface area contributed by atoms with Crippen LogP contribution in [0.15, 0.2) is 18.5 Å². The number of amides is 2. The minimum absolute atomic E-state index is 0.0371. The summed E-state index contributed by atoms with van der Waals surface area (Å²) < 4.78 is 14.7. The Bertz CT molecular complexity index is 1040. The van der Waals surface area contributed by atoms with Gasteiger partial charge in [-0.05, 0) is 56.2 Å². The molecule has 32 heavy (non-hydrogen) atoms. The molecule has 9 heteroatoms.